The third kappa shape index (κ3) is 3.71. The zero-order valence-electron chi connectivity index (χ0n) is 15.2. The highest BCUT2D eigenvalue weighted by Crippen LogP contribution is 2.27. The van der Waals surface area contributed by atoms with Gasteiger partial charge < -0.3 is 4.90 Å². The molecule has 0 bridgehead atoms. The first kappa shape index (κ1) is 17.3. The molecule has 0 atom stereocenters. The molecule has 1 aliphatic rings. The Kier molecular flexibility index (Phi) is 4.89. The number of nitriles is 1. The molecule has 3 aromatic rings. The largest absolute Gasteiger partial charge is 0.369 e. The molecule has 1 saturated heterocycles. The predicted molar refractivity (Wildman–Crippen MR) is 110 cm³/mol. The van der Waals surface area contributed by atoms with Crippen LogP contribution in [0.3, 0.4) is 0 Å². The van der Waals surface area contributed by atoms with Crippen LogP contribution in [0.25, 0.3) is 22.4 Å². The van der Waals surface area contributed by atoms with Gasteiger partial charge in [-0.15, -0.1) is 0 Å². The molecule has 0 N–H and O–H groups in total. The zero-order chi connectivity index (χ0) is 18.6. The maximum atomic E-state index is 14.6. The number of anilines is 1. The van der Waals surface area contributed by atoms with Gasteiger partial charge in [0.05, 0.1) is 17.3 Å². The number of rotatable bonds is 3. The number of benzene rings is 3. The van der Waals surface area contributed by atoms with Crippen molar-refractivity contribution in [1.82, 2.24) is 0 Å². The van der Waals surface area contributed by atoms with E-state index in [1.807, 2.05) is 54.6 Å². The highest BCUT2D eigenvalue weighted by molar-refractivity contribution is 5.94. The first-order chi connectivity index (χ1) is 13.2. The number of fused-ring (bicyclic) bond motifs is 1. The quantitative estimate of drug-likeness (QED) is 0.423. The fourth-order valence-corrected chi connectivity index (χ4v) is 3.71. The number of hydrogen-bond acceptors (Lipinski definition) is 2. The van der Waals surface area contributed by atoms with E-state index in [9.17, 15) is 9.65 Å². The number of halogens is 1. The number of nitrogens with zero attached hydrogens (tertiary/aromatic N) is 2. The second kappa shape index (κ2) is 7.63. The van der Waals surface area contributed by atoms with Crippen molar-refractivity contribution in [2.75, 3.05) is 18.0 Å². The van der Waals surface area contributed by atoms with Crippen LogP contribution < -0.4 is 4.90 Å². The second-order valence-corrected chi connectivity index (χ2v) is 6.99. The highest BCUT2D eigenvalue weighted by Gasteiger charge is 2.15. The molecule has 27 heavy (non-hydrogen) atoms. The molecule has 134 valence electrons. The van der Waals surface area contributed by atoms with Crippen LogP contribution in [0.1, 0.15) is 30.4 Å². The van der Waals surface area contributed by atoms with Crippen molar-refractivity contribution >= 4 is 28.1 Å². The molecule has 3 heteroatoms. The van der Waals surface area contributed by atoms with E-state index in [2.05, 4.69) is 11.0 Å². The number of hydrogen-bond donors (Lipinski definition) is 0. The minimum absolute atomic E-state index is 0.221. The van der Waals surface area contributed by atoms with E-state index in [-0.39, 0.29) is 5.82 Å². The summed E-state index contributed by atoms with van der Waals surface area (Å²) < 4.78 is 14.6. The van der Waals surface area contributed by atoms with Gasteiger partial charge in [-0.2, -0.15) is 5.26 Å². The Morgan fingerprint density at radius 3 is 2.44 bits per heavy atom. The third-order valence-electron chi connectivity index (χ3n) is 5.16. The molecular formula is C24H21FN2. The Bertz CT molecular complexity index is 1040. The molecule has 4 rings (SSSR count). The molecular weight excluding hydrogens is 335 g/mol. The van der Waals surface area contributed by atoms with E-state index >= 15 is 0 Å². The van der Waals surface area contributed by atoms with Crippen molar-refractivity contribution in [3.8, 4) is 6.07 Å². The summed E-state index contributed by atoms with van der Waals surface area (Å²) in [4.78, 5) is 2.11. The van der Waals surface area contributed by atoms with Crippen molar-refractivity contribution in [2.24, 2.45) is 0 Å². The molecule has 0 spiro atoms. The van der Waals surface area contributed by atoms with Crippen LogP contribution in [0.5, 0.6) is 0 Å². The van der Waals surface area contributed by atoms with Gasteiger partial charge in [-0.3, -0.25) is 0 Å². The fraction of sp³-hybridized carbons (Fsp3) is 0.208. The minimum atomic E-state index is -0.221. The summed E-state index contributed by atoms with van der Waals surface area (Å²) in [6.07, 6.45) is 5.20. The van der Waals surface area contributed by atoms with Gasteiger partial charge >= 0.3 is 0 Å². The molecule has 0 aromatic heterocycles. The summed E-state index contributed by atoms with van der Waals surface area (Å²) in [7, 11) is 0. The Labute approximate surface area is 159 Å². The second-order valence-electron chi connectivity index (χ2n) is 6.99. The van der Waals surface area contributed by atoms with Crippen LogP contribution >= 0.6 is 0 Å². The molecule has 0 amide bonds. The van der Waals surface area contributed by atoms with Gasteiger partial charge in [0, 0.05) is 13.1 Å². The molecule has 0 saturated carbocycles. The maximum absolute atomic E-state index is 14.6. The molecule has 1 fully saturated rings. The summed E-state index contributed by atoms with van der Waals surface area (Å²) in [6.45, 7) is 1.82. The lowest BCUT2D eigenvalue weighted by Crippen LogP contribution is -2.30. The van der Waals surface area contributed by atoms with Crippen LogP contribution in [0.4, 0.5) is 10.1 Å². The summed E-state index contributed by atoms with van der Waals surface area (Å²) >= 11 is 0. The van der Waals surface area contributed by atoms with Crippen LogP contribution in [0.2, 0.25) is 0 Å². The lowest BCUT2D eigenvalue weighted by Gasteiger charge is -2.29. The number of piperidine rings is 1. The van der Waals surface area contributed by atoms with Gasteiger partial charge in [0.2, 0.25) is 0 Å². The Balaban J connectivity index is 1.65. The lowest BCUT2D eigenvalue weighted by molar-refractivity contribution is 0.557. The monoisotopic (exact) mass is 356 g/mol. The highest BCUT2D eigenvalue weighted by atomic mass is 19.1. The van der Waals surface area contributed by atoms with E-state index in [0.29, 0.717) is 16.8 Å². The van der Waals surface area contributed by atoms with E-state index in [0.717, 1.165) is 42.3 Å². The standard InChI is InChI=1S/C24H21FN2/c25-23-15-18(8-11-24(23)27-12-4-1-5-13-27)14-22(17-26)21-10-9-19-6-2-3-7-20(19)16-21/h2-3,6-11,14-16H,1,4-5,12-13H2/b22-14-. The number of allylic oxidation sites excluding steroid dienone is 1. The molecule has 1 aliphatic heterocycles. The minimum Gasteiger partial charge on any atom is -0.369 e. The van der Waals surface area contributed by atoms with Crippen molar-refractivity contribution in [2.45, 2.75) is 19.3 Å². The van der Waals surface area contributed by atoms with E-state index in [1.165, 1.54) is 12.5 Å². The fourth-order valence-electron chi connectivity index (χ4n) is 3.71. The third-order valence-corrected chi connectivity index (χ3v) is 5.16. The first-order valence-electron chi connectivity index (χ1n) is 9.40. The average Bonchev–Trinajstić information content (AvgIpc) is 2.72. The molecule has 0 unspecified atom stereocenters. The van der Waals surface area contributed by atoms with Gasteiger partial charge in [-0.1, -0.05) is 42.5 Å². The van der Waals surface area contributed by atoms with Crippen LogP contribution in [-0.4, -0.2) is 13.1 Å². The summed E-state index contributed by atoms with van der Waals surface area (Å²) in [5.74, 6) is -0.221. The Hall–Kier alpha value is -3.12. The summed E-state index contributed by atoms with van der Waals surface area (Å²) in [5, 5.41) is 11.8. The van der Waals surface area contributed by atoms with Gasteiger partial charge in [-0.25, -0.2) is 4.39 Å². The summed E-state index contributed by atoms with van der Waals surface area (Å²) in [5.41, 5.74) is 2.75. The molecule has 0 aliphatic carbocycles. The smallest absolute Gasteiger partial charge is 0.147 e. The Morgan fingerprint density at radius 2 is 1.70 bits per heavy atom. The van der Waals surface area contributed by atoms with Gasteiger partial charge in [0.25, 0.3) is 0 Å². The van der Waals surface area contributed by atoms with Crippen LogP contribution in [0, 0.1) is 17.1 Å². The SMILES string of the molecule is N#C/C(=C/c1ccc(N2CCCCC2)c(F)c1)c1ccc2ccccc2c1. The topological polar surface area (TPSA) is 27.0 Å². The van der Waals surface area contributed by atoms with E-state index in [1.54, 1.807) is 6.08 Å². The molecule has 1 heterocycles. The van der Waals surface area contributed by atoms with E-state index < -0.39 is 0 Å². The molecule has 3 aromatic carbocycles. The molecule has 0 radical (unpaired) electrons. The first-order valence-corrected chi connectivity index (χ1v) is 9.40. The van der Waals surface area contributed by atoms with Crippen molar-refractivity contribution in [3.63, 3.8) is 0 Å². The van der Waals surface area contributed by atoms with Gasteiger partial charge in [-0.05, 0) is 65.4 Å². The van der Waals surface area contributed by atoms with Crippen molar-refractivity contribution in [3.05, 3.63) is 77.6 Å². The lowest BCUT2D eigenvalue weighted by atomic mass is 10.00. The van der Waals surface area contributed by atoms with Crippen molar-refractivity contribution < 1.29 is 4.39 Å². The van der Waals surface area contributed by atoms with Gasteiger partial charge in [0.1, 0.15) is 5.82 Å². The Morgan fingerprint density at radius 1 is 0.926 bits per heavy atom. The summed E-state index contributed by atoms with van der Waals surface area (Å²) in [6, 6.07) is 21.5. The van der Waals surface area contributed by atoms with Crippen molar-refractivity contribution in [1.29, 1.82) is 5.26 Å². The zero-order valence-corrected chi connectivity index (χ0v) is 15.2. The maximum Gasteiger partial charge on any atom is 0.147 e. The van der Waals surface area contributed by atoms with Crippen LogP contribution in [-0.2, 0) is 0 Å². The van der Waals surface area contributed by atoms with Crippen LogP contribution in [0.15, 0.2) is 60.7 Å². The average molecular weight is 356 g/mol. The van der Waals surface area contributed by atoms with Gasteiger partial charge in [0.15, 0.2) is 0 Å². The predicted octanol–water partition coefficient (Wildman–Crippen LogP) is 6.03. The normalized spacial score (nSPS) is 15.0. The van der Waals surface area contributed by atoms with E-state index in [4.69, 9.17) is 0 Å². The molecule has 2 nitrogen and oxygen atoms in total.